The second-order valence-electron chi connectivity index (χ2n) is 4.91. The fourth-order valence-electron chi connectivity index (χ4n) is 1.38. The lowest BCUT2D eigenvalue weighted by atomic mass is 10.3. The molecule has 6 heteroatoms. The molecule has 0 saturated heterocycles. The van der Waals surface area contributed by atoms with Gasteiger partial charge in [-0.25, -0.2) is 4.68 Å². The second kappa shape index (κ2) is 6.33. The lowest BCUT2D eigenvalue weighted by Crippen LogP contribution is -2.32. The van der Waals surface area contributed by atoms with E-state index in [1.54, 1.807) is 6.20 Å². The zero-order chi connectivity index (χ0) is 13.9. The van der Waals surface area contributed by atoms with E-state index in [4.69, 9.17) is 0 Å². The first-order valence-electron chi connectivity index (χ1n) is 6.02. The Morgan fingerprint density at radius 2 is 2.06 bits per heavy atom. The van der Waals surface area contributed by atoms with Crippen molar-refractivity contribution in [3.63, 3.8) is 0 Å². The van der Waals surface area contributed by atoms with Crippen molar-refractivity contribution in [1.82, 2.24) is 14.7 Å². The first-order valence-corrected chi connectivity index (χ1v) is 6.81. The van der Waals surface area contributed by atoms with Crippen LogP contribution in [0.1, 0.15) is 26.8 Å². The maximum atomic E-state index is 12.0. The van der Waals surface area contributed by atoms with E-state index < -0.39 is 0 Å². The van der Waals surface area contributed by atoms with E-state index in [9.17, 15) is 4.79 Å². The van der Waals surface area contributed by atoms with Crippen LogP contribution in [0, 0.1) is 0 Å². The summed E-state index contributed by atoms with van der Waals surface area (Å²) >= 11 is 3.34. The molecule has 102 valence electrons. The number of aromatic nitrogens is 2. The molecular formula is C12H21BrN4O. The molecule has 0 aliphatic rings. The largest absolute Gasteiger partial charge is 0.381 e. The molecule has 0 radical (unpaired) electrons. The topological polar surface area (TPSA) is 50.2 Å². The van der Waals surface area contributed by atoms with Crippen LogP contribution in [0.5, 0.6) is 0 Å². The first-order chi connectivity index (χ1) is 8.34. The molecule has 0 saturated carbocycles. The van der Waals surface area contributed by atoms with Gasteiger partial charge in [0, 0.05) is 12.6 Å². The summed E-state index contributed by atoms with van der Waals surface area (Å²) in [4.78, 5) is 14.1. The predicted molar refractivity (Wildman–Crippen MR) is 78.2 cm³/mol. The molecule has 0 aliphatic carbocycles. The van der Waals surface area contributed by atoms with Gasteiger partial charge in [0.2, 0.25) is 0 Å². The summed E-state index contributed by atoms with van der Waals surface area (Å²) in [5, 5.41) is 7.40. The number of rotatable bonds is 5. The third kappa shape index (κ3) is 3.55. The molecule has 1 unspecified atom stereocenters. The number of likely N-dealkylation sites (N-methyl/N-ethyl adjacent to an activating group) is 1. The predicted octanol–water partition coefficient (Wildman–Crippen LogP) is 1.95. The number of anilines is 1. The minimum atomic E-state index is -0.104. The van der Waals surface area contributed by atoms with Crippen LogP contribution in [-0.2, 0) is 0 Å². The van der Waals surface area contributed by atoms with Gasteiger partial charge in [-0.2, -0.15) is 5.10 Å². The average Bonchev–Trinajstić information content (AvgIpc) is 2.30. The van der Waals surface area contributed by atoms with Crippen molar-refractivity contribution in [1.29, 1.82) is 0 Å². The van der Waals surface area contributed by atoms with E-state index in [2.05, 4.69) is 38.2 Å². The Labute approximate surface area is 116 Å². The highest BCUT2D eigenvalue weighted by Crippen LogP contribution is 2.17. The van der Waals surface area contributed by atoms with Gasteiger partial charge in [0.15, 0.2) is 0 Å². The van der Waals surface area contributed by atoms with Crippen molar-refractivity contribution in [2.75, 3.05) is 26.0 Å². The fourth-order valence-corrected chi connectivity index (χ4v) is 1.80. The molecule has 1 atom stereocenters. The Kier molecular flexibility index (Phi) is 5.34. The molecular weight excluding hydrogens is 296 g/mol. The summed E-state index contributed by atoms with van der Waals surface area (Å²) in [5.74, 6) is 0. The fraction of sp³-hybridized carbons (Fsp3) is 0.667. The highest BCUT2D eigenvalue weighted by Gasteiger charge is 2.11. The normalized spacial score (nSPS) is 13.1. The highest BCUT2D eigenvalue weighted by molar-refractivity contribution is 9.10. The first kappa shape index (κ1) is 15.2. The molecule has 0 aliphatic heterocycles. The summed E-state index contributed by atoms with van der Waals surface area (Å²) in [6, 6.07) is 0.438. The summed E-state index contributed by atoms with van der Waals surface area (Å²) in [6.45, 7) is 6.74. The van der Waals surface area contributed by atoms with Gasteiger partial charge < -0.3 is 10.2 Å². The highest BCUT2D eigenvalue weighted by atomic mass is 79.9. The Morgan fingerprint density at radius 3 is 2.56 bits per heavy atom. The quantitative estimate of drug-likeness (QED) is 0.902. The molecule has 0 amide bonds. The number of hydrogen-bond acceptors (Lipinski definition) is 4. The molecule has 0 spiro atoms. The smallest absolute Gasteiger partial charge is 0.283 e. The monoisotopic (exact) mass is 316 g/mol. The third-order valence-electron chi connectivity index (χ3n) is 2.90. The van der Waals surface area contributed by atoms with Crippen LogP contribution in [-0.4, -0.2) is 41.4 Å². The molecule has 1 rings (SSSR count). The van der Waals surface area contributed by atoms with Crippen LogP contribution >= 0.6 is 15.9 Å². The van der Waals surface area contributed by atoms with Gasteiger partial charge in [-0.1, -0.05) is 0 Å². The van der Waals surface area contributed by atoms with Gasteiger partial charge in [0.25, 0.3) is 5.56 Å². The van der Waals surface area contributed by atoms with Crippen LogP contribution in [0.4, 0.5) is 5.69 Å². The molecule has 1 aromatic heterocycles. The number of nitrogens with zero attached hydrogens (tertiary/aromatic N) is 3. The Morgan fingerprint density at radius 1 is 1.44 bits per heavy atom. The summed E-state index contributed by atoms with van der Waals surface area (Å²) in [7, 11) is 4.05. The number of hydrogen-bond donors (Lipinski definition) is 1. The lowest BCUT2D eigenvalue weighted by Gasteiger charge is -2.21. The lowest BCUT2D eigenvalue weighted by molar-refractivity contribution is 0.326. The second-order valence-corrected chi connectivity index (χ2v) is 5.70. The van der Waals surface area contributed by atoms with Crippen LogP contribution in [0.2, 0.25) is 0 Å². The van der Waals surface area contributed by atoms with Crippen LogP contribution in [0.15, 0.2) is 15.5 Å². The minimum Gasteiger partial charge on any atom is -0.381 e. The van der Waals surface area contributed by atoms with Gasteiger partial charge >= 0.3 is 0 Å². The molecule has 1 aromatic rings. The Bertz CT molecular complexity index is 456. The van der Waals surface area contributed by atoms with Crippen molar-refractivity contribution >= 4 is 21.6 Å². The molecule has 0 bridgehead atoms. The van der Waals surface area contributed by atoms with Crippen LogP contribution in [0.3, 0.4) is 0 Å². The van der Waals surface area contributed by atoms with E-state index in [1.165, 1.54) is 4.68 Å². The number of halogens is 1. The summed E-state index contributed by atoms with van der Waals surface area (Å²) < 4.78 is 2.00. The molecule has 0 aromatic carbocycles. The molecule has 0 fully saturated rings. The Hall–Kier alpha value is -0.880. The van der Waals surface area contributed by atoms with E-state index in [1.807, 2.05) is 27.9 Å². The maximum absolute atomic E-state index is 12.0. The zero-order valence-corrected chi connectivity index (χ0v) is 13.2. The maximum Gasteiger partial charge on any atom is 0.283 e. The standard InChI is InChI=1S/C12H21BrN4O/c1-8(2)17-12(18)11(13)10(7-15-17)14-6-9(3)16(4)5/h7-9,14H,6H2,1-5H3. The number of nitrogens with one attached hydrogen (secondary N) is 1. The summed E-state index contributed by atoms with van der Waals surface area (Å²) in [6.07, 6.45) is 1.69. The van der Waals surface area contributed by atoms with Crippen LogP contribution in [0.25, 0.3) is 0 Å². The van der Waals surface area contributed by atoms with E-state index in [0.29, 0.717) is 10.5 Å². The van der Waals surface area contributed by atoms with Gasteiger partial charge in [-0.15, -0.1) is 0 Å². The third-order valence-corrected chi connectivity index (χ3v) is 3.67. The van der Waals surface area contributed by atoms with Crippen molar-refractivity contribution in [2.45, 2.75) is 32.9 Å². The van der Waals surface area contributed by atoms with E-state index in [-0.39, 0.29) is 11.6 Å². The molecule has 1 heterocycles. The van der Waals surface area contributed by atoms with Crippen molar-refractivity contribution in [2.24, 2.45) is 0 Å². The Balaban J connectivity index is 2.86. The van der Waals surface area contributed by atoms with Crippen molar-refractivity contribution in [3.8, 4) is 0 Å². The van der Waals surface area contributed by atoms with Gasteiger partial charge in [0.1, 0.15) is 4.47 Å². The van der Waals surface area contributed by atoms with Crippen molar-refractivity contribution in [3.05, 3.63) is 21.0 Å². The molecule has 1 N–H and O–H groups in total. The summed E-state index contributed by atoms with van der Waals surface area (Å²) in [5.41, 5.74) is 0.637. The average molecular weight is 317 g/mol. The van der Waals surface area contributed by atoms with E-state index in [0.717, 1.165) is 12.2 Å². The van der Waals surface area contributed by atoms with Gasteiger partial charge in [-0.05, 0) is 50.8 Å². The molecule has 5 nitrogen and oxygen atoms in total. The molecule has 18 heavy (non-hydrogen) atoms. The van der Waals surface area contributed by atoms with E-state index >= 15 is 0 Å². The zero-order valence-electron chi connectivity index (χ0n) is 11.6. The van der Waals surface area contributed by atoms with Crippen LogP contribution < -0.4 is 10.9 Å². The SMILES string of the molecule is CC(CNc1cnn(C(C)C)c(=O)c1Br)N(C)C. The van der Waals surface area contributed by atoms with Gasteiger partial charge in [-0.3, -0.25) is 4.79 Å². The van der Waals surface area contributed by atoms with Crippen molar-refractivity contribution < 1.29 is 0 Å². The minimum absolute atomic E-state index is 0.0588. The van der Waals surface area contributed by atoms with Gasteiger partial charge in [0.05, 0.1) is 17.9 Å².